The highest BCUT2D eigenvalue weighted by molar-refractivity contribution is 5.60. The minimum atomic E-state index is -0.771. The number of hydrogen-bond acceptors (Lipinski definition) is 3. The maximum absolute atomic E-state index is 13.5. The fourth-order valence-corrected chi connectivity index (χ4v) is 1.78. The van der Waals surface area contributed by atoms with Gasteiger partial charge < -0.3 is 0 Å². The van der Waals surface area contributed by atoms with Gasteiger partial charge in [0.1, 0.15) is 0 Å². The Balaban J connectivity index is 2.12. The second-order valence-electron chi connectivity index (χ2n) is 3.98. The highest BCUT2D eigenvalue weighted by Gasteiger charge is 2.09. The SMILES string of the molecule is Fc1nc(-c2ccccc2)nc(-c2ccccc2)n1. The molecule has 1 heterocycles. The van der Waals surface area contributed by atoms with Gasteiger partial charge in [-0.1, -0.05) is 60.7 Å². The van der Waals surface area contributed by atoms with E-state index in [-0.39, 0.29) is 0 Å². The molecule has 0 aliphatic carbocycles. The van der Waals surface area contributed by atoms with Crippen molar-refractivity contribution in [2.45, 2.75) is 0 Å². The number of rotatable bonds is 2. The van der Waals surface area contributed by atoms with Crippen molar-refractivity contribution >= 4 is 0 Å². The van der Waals surface area contributed by atoms with Crippen LogP contribution in [-0.2, 0) is 0 Å². The summed E-state index contributed by atoms with van der Waals surface area (Å²) >= 11 is 0. The Morgan fingerprint density at radius 1 is 0.579 bits per heavy atom. The largest absolute Gasteiger partial charge is 0.312 e. The maximum atomic E-state index is 13.5. The van der Waals surface area contributed by atoms with Crippen molar-refractivity contribution in [3.05, 3.63) is 66.7 Å². The zero-order valence-electron chi connectivity index (χ0n) is 9.99. The highest BCUT2D eigenvalue weighted by Crippen LogP contribution is 2.19. The van der Waals surface area contributed by atoms with E-state index in [1.165, 1.54) is 0 Å². The summed E-state index contributed by atoms with van der Waals surface area (Å²) < 4.78 is 13.5. The second-order valence-corrected chi connectivity index (χ2v) is 3.98. The average Bonchev–Trinajstić information content (AvgIpc) is 2.48. The molecule has 0 saturated carbocycles. The summed E-state index contributed by atoms with van der Waals surface area (Å²) in [7, 11) is 0. The van der Waals surface area contributed by atoms with E-state index in [1.807, 2.05) is 60.7 Å². The van der Waals surface area contributed by atoms with Crippen molar-refractivity contribution < 1.29 is 4.39 Å². The summed E-state index contributed by atoms with van der Waals surface area (Å²) in [6.07, 6.45) is -0.771. The van der Waals surface area contributed by atoms with E-state index >= 15 is 0 Å². The van der Waals surface area contributed by atoms with Gasteiger partial charge in [0.05, 0.1) is 0 Å². The lowest BCUT2D eigenvalue weighted by molar-refractivity contribution is 0.536. The van der Waals surface area contributed by atoms with Crippen molar-refractivity contribution in [3.63, 3.8) is 0 Å². The van der Waals surface area contributed by atoms with E-state index in [2.05, 4.69) is 15.0 Å². The van der Waals surface area contributed by atoms with Crippen molar-refractivity contribution in [2.24, 2.45) is 0 Å². The van der Waals surface area contributed by atoms with Crippen LogP contribution in [0.3, 0.4) is 0 Å². The summed E-state index contributed by atoms with van der Waals surface area (Å²) in [5.41, 5.74) is 1.53. The molecule has 3 aromatic rings. The number of halogens is 1. The van der Waals surface area contributed by atoms with Crippen LogP contribution in [0.4, 0.5) is 4.39 Å². The Morgan fingerprint density at radius 2 is 1.00 bits per heavy atom. The van der Waals surface area contributed by atoms with Gasteiger partial charge >= 0.3 is 6.08 Å². The molecule has 0 saturated heterocycles. The molecule has 0 spiro atoms. The third-order valence-electron chi connectivity index (χ3n) is 2.67. The van der Waals surface area contributed by atoms with Gasteiger partial charge in [0.15, 0.2) is 11.6 Å². The molecular weight excluding hydrogens is 241 g/mol. The Hall–Kier alpha value is -2.62. The molecule has 2 aromatic carbocycles. The van der Waals surface area contributed by atoms with E-state index in [0.717, 1.165) is 11.1 Å². The molecule has 92 valence electrons. The quantitative estimate of drug-likeness (QED) is 0.701. The average molecular weight is 251 g/mol. The summed E-state index contributed by atoms with van der Waals surface area (Å²) in [5.74, 6) is 0.680. The molecule has 0 radical (unpaired) electrons. The maximum Gasteiger partial charge on any atom is 0.312 e. The minimum absolute atomic E-state index is 0.340. The van der Waals surface area contributed by atoms with Crippen LogP contribution in [0.5, 0.6) is 0 Å². The molecule has 3 nitrogen and oxygen atoms in total. The highest BCUT2D eigenvalue weighted by atomic mass is 19.1. The Bertz CT molecular complexity index is 627. The first-order chi connectivity index (χ1) is 9.33. The van der Waals surface area contributed by atoms with Gasteiger partial charge in [-0.15, -0.1) is 0 Å². The zero-order chi connectivity index (χ0) is 13.1. The summed E-state index contributed by atoms with van der Waals surface area (Å²) in [4.78, 5) is 11.8. The zero-order valence-corrected chi connectivity index (χ0v) is 9.99. The lowest BCUT2D eigenvalue weighted by Crippen LogP contribution is -2.00. The van der Waals surface area contributed by atoms with E-state index in [9.17, 15) is 4.39 Å². The molecule has 0 bridgehead atoms. The molecule has 19 heavy (non-hydrogen) atoms. The number of benzene rings is 2. The number of aromatic nitrogens is 3. The van der Waals surface area contributed by atoms with E-state index in [4.69, 9.17) is 0 Å². The van der Waals surface area contributed by atoms with Crippen molar-refractivity contribution in [2.75, 3.05) is 0 Å². The molecule has 4 heteroatoms. The Labute approximate surface area is 109 Å². The van der Waals surface area contributed by atoms with Crippen molar-refractivity contribution in [3.8, 4) is 22.8 Å². The van der Waals surface area contributed by atoms with Crippen LogP contribution >= 0.6 is 0 Å². The lowest BCUT2D eigenvalue weighted by Gasteiger charge is -2.03. The first kappa shape index (κ1) is 11.5. The van der Waals surface area contributed by atoms with Crippen LogP contribution in [0.2, 0.25) is 0 Å². The standard InChI is InChI=1S/C15H10FN3/c16-15-18-13(11-7-3-1-4-8-11)17-14(19-15)12-9-5-2-6-10-12/h1-10H. The summed E-state index contributed by atoms with van der Waals surface area (Å²) in [6, 6.07) is 18.6. The Kier molecular flexibility index (Phi) is 2.98. The minimum Gasteiger partial charge on any atom is -0.208 e. The van der Waals surface area contributed by atoms with E-state index in [0.29, 0.717) is 11.6 Å². The van der Waals surface area contributed by atoms with Gasteiger partial charge in [-0.05, 0) is 0 Å². The monoisotopic (exact) mass is 251 g/mol. The molecule has 0 unspecified atom stereocenters. The molecule has 1 aromatic heterocycles. The van der Waals surface area contributed by atoms with E-state index in [1.54, 1.807) is 0 Å². The molecule has 0 fully saturated rings. The first-order valence-electron chi connectivity index (χ1n) is 5.85. The lowest BCUT2D eigenvalue weighted by atomic mass is 10.2. The van der Waals surface area contributed by atoms with E-state index < -0.39 is 6.08 Å². The molecule has 0 amide bonds. The van der Waals surface area contributed by atoms with Crippen molar-refractivity contribution in [1.29, 1.82) is 0 Å². The predicted molar refractivity (Wildman–Crippen MR) is 70.7 cm³/mol. The van der Waals surface area contributed by atoms with Crippen LogP contribution in [-0.4, -0.2) is 15.0 Å². The van der Waals surface area contributed by atoms with Gasteiger partial charge in [0.25, 0.3) is 0 Å². The molecular formula is C15H10FN3. The molecule has 0 aliphatic heterocycles. The van der Waals surface area contributed by atoms with Crippen LogP contribution in [0, 0.1) is 6.08 Å². The second kappa shape index (κ2) is 4.94. The number of nitrogens with zero attached hydrogens (tertiary/aromatic N) is 3. The van der Waals surface area contributed by atoms with Gasteiger partial charge in [0.2, 0.25) is 0 Å². The van der Waals surface area contributed by atoms with Crippen LogP contribution in [0.1, 0.15) is 0 Å². The fraction of sp³-hybridized carbons (Fsp3) is 0. The number of hydrogen-bond donors (Lipinski definition) is 0. The first-order valence-corrected chi connectivity index (χ1v) is 5.85. The van der Waals surface area contributed by atoms with Gasteiger partial charge in [-0.2, -0.15) is 14.4 Å². The fourth-order valence-electron chi connectivity index (χ4n) is 1.78. The normalized spacial score (nSPS) is 10.4. The smallest absolute Gasteiger partial charge is 0.208 e. The predicted octanol–water partition coefficient (Wildman–Crippen LogP) is 3.34. The summed E-state index contributed by atoms with van der Waals surface area (Å²) in [5, 5.41) is 0. The third kappa shape index (κ3) is 2.47. The third-order valence-corrected chi connectivity index (χ3v) is 2.67. The summed E-state index contributed by atoms with van der Waals surface area (Å²) in [6.45, 7) is 0. The van der Waals surface area contributed by atoms with Crippen LogP contribution in [0.15, 0.2) is 60.7 Å². The van der Waals surface area contributed by atoms with Gasteiger partial charge in [0, 0.05) is 11.1 Å². The van der Waals surface area contributed by atoms with Crippen LogP contribution in [0.25, 0.3) is 22.8 Å². The van der Waals surface area contributed by atoms with Gasteiger partial charge in [-0.3, -0.25) is 0 Å². The molecule has 0 aliphatic rings. The molecule has 3 rings (SSSR count). The van der Waals surface area contributed by atoms with Crippen LogP contribution < -0.4 is 0 Å². The van der Waals surface area contributed by atoms with Crippen molar-refractivity contribution in [1.82, 2.24) is 15.0 Å². The van der Waals surface area contributed by atoms with Gasteiger partial charge in [-0.25, -0.2) is 4.98 Å². The molecule has 0 N–H and O–H groups in total. The Morgan fingerprint density at radius 3 is 1.42 bits per heavy atom. The topological polar surface area (TPSA) is 38.7 Å². The molecule has 0 atom stereocenters.